The van der Waals surface area contributed by atoms with Gasteiger partial charge in [-0.15, -0.1) is 0 Å². The summed E-state index contributed by atoms with van der Waals surface area (Å²) in [6.07, 6.45) is 1.06. The van der Waals surface area contributed by atoms with Gasteiger partial charge in [0.05, 0.1) is 6.42 Å². The smallest absolute Gasteiger partial charge is 0.306 e. The molecule has 140 valence electrons. The maximum atomic E-state index is 11.8. The van der Waals surface area contributed by atoms with Gasteiger partial charge in [0.15, 0.2) is 6.61 Å². The Morgan fingerprint density at radius 2 is 1.96 bits per heavy atom. The Balaban J connectivity index is 1.77. The summed E-state index contributed by atoms with van der Waals surface area (Å²) in [6.45, 7) is 5.47. The summed E-state index contributed by atoms with van der Waals surface area (Å²) >= 11 is 5.84. The highest BCUT2D eigenvalue weighted by Crippen LogP contribution is 2.19. The summed E-state index contributed by atoms with van der Waals surface area (Å²) in [5.74, 6) is -0.0802. The van der Waals surface area contributed by atoms with Crippen molar-refractivity contribution in [2.45, 2.75) is 45.6 Å². The summed E-state index contributed by atoms with van der Waals surface area (Å²) in [4.78, 5) is 27.7. The van der Waals surface area contributed by atoms with E-state index in [9.17, 15) is 9.59 Å². The third kappa shape index (κ3) is 6.15. The summed E-state index contributed by atoms with van der Waals surface area (Å²) in [7, 11) is 0. The average molecular weight is 380 g/mol. The molecule has 0 aliphatic heterocycles. The van der Waals surface area contributed by atoms with Gasteiger partial charge in [-0.2, -0.15) is 4.98 Å². The van der Waals surface area contributed by atoms with Gasteiger partial charge in [0, 0.05) is 22.5 Å². The molecule has 7 nitrogen and oxygen atoms in total. The van der Waals surface area contributed by atoms with E-state index in [-0.39, 0.29) is 30.9 Å². The van der Waals surface area contributed by atoms with Crippen molar-refractivity contribution in [3.8, 4) is 11.4 Å². The van der Waals surface area contributed by atoms with Crippen molar-refractivity contribution in [3.63, 3.8) is 0 Å². The quantitative estimate of drug-likeness (QED) is 0.708. The van der Waals surface area contributed by atoms with E-state index in [1.165, 1.54) is 0 Å². The Morgan fingerprint density at radius 3 is 2.62 bits per heavy atom. The second-order valence-electron chi connectivity index (χ2n) is 6.46. The van der Waals surface area contributed by atoms with E-state index in [2.05, 4.69) is 15.5 Å². The number of amides is 1. The van der Waals surface area contributed by atoms with Crippen LogP contribution in [0.4, 0.5) is 0 Å². The molecule has 26 heavy (non-hydrogen) atoms. The van der Waals surface area contributed by atoms with Crippen LogP contribution in [0.2, 0.25) is 5.02 Å². The molecular weight excluding hydrogens is 358 g/mol. The third-order valence-corrected chi connectivity index (χ3v) is 4.09. The molecule has 0 unspecified atom stereocenters. The minimum absolute atomic E-state index is 0.0483. The van der Waals surface area contributed by atoms with Gasteiger partial charge in [-0.05, 0) is 44.5 Å². The molecule has 0 aliphatic carbocycles. The molecule has 0 fully saturated rings. The molecule has 1 amide bonds. The second kappa shape index (κ2) is 8.80. The number of esters is 1. The summed E-state index contributed by atoms with van der Waals surface area (Å²) in [5.41, 5.74) is 0.438. The molecule has 8 heteroatoms. The Morgan fingerprint density at radius 1 is 1.27 bits per heavy atom. The number of benzene rings is 1. The number of nitrogens with zero attached hydrogens (tertiary/aromatic N) is 2. The number of hydrogen-bond acceptors (Lipinski definition) is 6. The molecule has 0 atom stereocenters. The Bertz CT molecular complexity index is 756. The van der Waals surface area contributed by atoms with E-state index in [0.29, 0.717) is 16.7 Å². The predicted molar refractivity (Wildman–Crippen MR) is 96.5 cm³/mol. The number of halogens is 1. The van der Waals surface area contributed by atoms with Crippen molar-refractivity contribution in [2.75, 3.05) is 6.61 Å². The molecule has 0 saturated heterocycles. The zero-order valence-corrected chi connectivity index (χ0v) is 15.8. The Kier molecular flexibility index (Phi) is 6.74. The minimum atomic E-state index is -0.499. The van der Waals surface area contributed by atoms with E-state index in [1.54, 1.807) is 24.3 Å². The van der Waals surface area contributed by atoms with E-state index in [1.807, 2.05) is 20.8 Å². The van der Waals surface area contributed by atoms with E-state index in [4.69, 9.17) is 20.9 Å². The maximum absolute atomic E-state index is 11.8. The third-order valence-electron chi connectivity index (χ3n) is 3.84. The fraction of sp³-hybridized carbons (Fsp3) is 0.444. The predicted octanol–water partition coefficient (Wildman–Crippen LogP) is 3.17. The van der Waals surface area contributed by atoms with Crippen LogP contribution in [0, 0.1) is 0 Å². The van der Waals surface area contributed by atoms with E-state index >= 15 is 0 Å². The van der Waals surface area contributed by atoms with Crippen molar-refractivity contribution in [2.24, 2.45) is 0 Å². The number of carbonyl (C=O) groups is 2. The van der Waals surface area contributed by atoms with Crippen LogP contribution in [0.15, 0.2) is 28.8 Å². The van der Waals surface area contributed by atoms with E-state index < -0.39 is 5.97 Å². The number of carbonyl (C=O) groups excluding carboxylic acids is 2. The van der Waals surface area contributed by atoms with Gasteiger partial charge < -0.3 is 14.6 Å². The van der Waals surface area contributed by atoms with Crippen LogP contribution in [-0.2, 0) is 20.7 Å². The number of hydrogen-bond donors (Lipinski definition) is 1. The highest BCUT2D eigenvalue weighted by molar-refractivity contribution is 6.30. The van der Waals surface area contributed by atoms with Crippen molar-refractivity contribution in [1.29, 1.82) is 0 Å². The van der Waals surface area contributed by atoms with Crippen LogP contribution in [0.25, 0.3) is 11.4 Å². The minimum Gasteiger partial charge on any atom is -0.456 e. The number of nitrogens with one attached hydrogen (secondary N) is 1. The Labute approximate surface area is 157 Å². The topological polar surface area (TPSA) is 94.3 Å². The summed E-state index contributed by atoms with van der Waals surface area (Å²) < 4.78 is 10.1. The molecule has 2 aromatic rings. The van der Waals surface area contributed by atoms with Crippen LogP contribution < -0.4 is 5.32 Å². The van der Waals surface area contributed by atoms with Crippen LogP contribution in [0.1, 0.15) is 39.5 Å². The van der Waals surface area contributed by atoms with Crippen LogP contribution in [0.3, 0.4) is 0 Å². The SMILES string of the molecule is CCC(C)(C)NC(=O)COC(=O)CCc1nc(-c2ccc(Cl)cc2)no1. The van der Waals surface area contributed by atoms with Crippen LogP contribution >= 0.6 is 11.6 Å². The van der Waals surface area contributed by atoms with Crippen molar-refractivity contribution < 1.29 is 18.8 Å². The number of rotatable bonds is 8. The van der Waals surface area contributed by atoms with Gasteiger partial charge in [-0.3, -0.25) is 9.59 Å². The van der Waals surface area contributed by atoms with Gasteiger partial charge in [0.1, 0.15) is 0 Å². The number of aryl methyl sites for hydroxylation is 1. The zero-order valence-electron chi connectivity index (χ0n) is 15.0. The van der Waals surface area contributed by atoms with Gasteiger partial charge in [-0.25, -0.2) is 0 Å². The molecular formula is C18H22ClN3O4. The van der Waals surface area contributed by atoms with Crippen molar-refractivity contribution in [3.05, 3.63) is 35.2 Å². The number of ether oxygens (including phenoxy) is 1. The van der Waals surface area contributed by atoms with Gasteiger partial charge in [0.2, 0.25) is 11.7 Å². The van der Waals surface area contributed by atoms with Crippen molar-refractivity contribution >= 4 is 23.5 Å². The van der Waals surface area contributed by atoms with Crippen LogP contribution in [0.5, 0.6) is 0 Å². The zero-order chi connectivity index (χ0) is 19.2. The fourth-order valence-electron chi connectivity index (χ4n) is 2.00. The average Bonchev–Trinajstić information content (AvgIpc) is 3.07. The monoisotopic (exact) mass is 379 g/mol. The molecule has 1 aromatic heterocycles. The molecule has 0 bridgehead atoms. The molecule has 1 N–H and O–H groups in total. The maximum Gasteiger partial charge on any atom is 0.306 e. The molecule has 1 heterocycles. The Hall–Kier alpha value is -2.41. The first-order chi connectivity index (χ1) is 12.3. The molecule has 1 aromatic carbocycles. The first-order valence-corrected chi connectivity index (χ1v) is 8.72. The standard InChI is InChI=1S/C18H22ClN3O4/c1-4-18(2,3)21-14(23)11-25-16(24)10-9-15-20-17(22-26-15)12-5-7-13(19)8-6-12/h5-8H,4,9-11H2,1-3H3,(H,21,23). The summed E-state index contributed by atoms with van der Waals surface area (Å²) in [6, 6.07) is 7.02. The highest BCUT2D eigenvalue weighted by atomic mass is 35.5. The van der Waals surface area contributed by atoms with Gasteiger partial charge in [0.25, 0.3) is 5.91 Å². The van der Waals surface area contributed by atoms with Gasteiger partial charge >= 0.3 is 5.97 Å². The van der Waals surface area contributed by atoms with E-state index in [0.717, 1.165) is 12.0 Å². The first-order valence-electron chi connectivity index (χ1n) is 8.34. The molecule has 0 saturated carbocycles. The normalized spacial score (nSPS) is 11.2. The lowest BCUT2D eigenvalue weighted by molar-refractivity contribution is -0.149. The fourth-order valence-corrected chi connectivity index (χ4v) is 2.13. The molecule has 0 spiro atoms. The summed E-state index contributed by atoms with van der Waals surface area (Å²) in [5, 5.41) is 7.28. The lowest BCUT2D eigenvalue weighted by Gasteiger charge is -2.24. The first kappa shape index (κ1) is 19.9. The lowest BCUT2D eigenvalue weighted by Crippen LogP contribution is -2.44. The van der Waals surface area contributed by atoms with Gasteiger partial charge in [-0.1, -0.05) is 23.7 Å². The largest absolute Gasteiger partial charge is 0.456 e. The molecule has 0 aliphatic rings. The molecule has 2 rings (SSSR count). The van der Waals surface area contributed by atoms with Crippen molar-refractivity contribution in [1.82, 2.24) is 15.5 Å². The second-order valence-corrected chi connectivity index (χ2v) is 6.90. The highest BCUT2D eigenvalue weighted by Gasteiger charge is 2.19. The lowest BCUT2D eigenvalue weighted by atomic mass is 10.0. The molecule has 0 radical (unpaired) electrons. The van der Waals surface area contributed by atoms with Crippen LogP contribution in [-0.4, -0.2) is 34.2 Å². The number of aromatic nitrogens is 2.